The fraction of sp³-hybridized carbons (Fsp3) is 0.400. The number of hydrogen-bond donors (Lipinski definition) is 1. The average Bonchev–Trinajstić information content (AvgIpc) is 2.14. The van der Waals surface area contributed by atoms with Gasteiger partial charge in [0.05, 0.1) is 4.90 Å². The van der Waals surface area contributed by atoms with E-state index in [1.807, 2.05) is 6.92 Å². The summed E-state index contributed by atoms with van der Waals surface area (Å²) < 4.78 is 30.9. The lowest BCUT2D eigenvalue weighted by molar-refractivity contribution is 0.482. The molecule has 1 N–H and O–H groups in total. The molecule has 1 aromatic carbocycles. The summed E-state index contributed by atoms with van der Waals surface area (Å²) in [5.74, 6) is 0. The molecule has 5 heteroatoms. The largest absolute Gasteiger partial charge is 0.294 e. The van der Waals surface area contributed by atoms with Gasteiger partial charge in [0.1, 0.15) is 0 Å². The van der Waals surface area contributed by atoms with Crippen LogP contribution in [0.4, 0.5) is 0 Å². The van der Waals surface area contributed by atoms with E-state index in [2.05, 4.69) is 0 Å². The Labute approximate surface area is 96.7 Å². The molecule has 0 spiro atoms. The number of hydrogen-bond acceptors (Lipinski definition) is 2. The van der Waals surface area contributed by atoms with Crippen LogP contribution in [0, 0.1) is 0 Å². The minimum atomic E-state index is -4.06. The second-order valence-electron chi connectivity index (χ2n) is 3.19. The summed E-state index contributed by atoms with van der Waals surface area (Å²) in [7, 11) is -4.06. The standard InChI is InChI=1S/C10H14O3S.ClH/c1-2-3-6-9-7-4-5-8-10(9)14(11,12)13;/h4-5,7-8H,2-3,6H2,1H3,(H,11,12,13);1H. The lowest BCUT2D eigenvalue weighted by atomic mass is 10.1. The highest BCUT2D eigenvalue weighted by Gasteiger charge is 2.13. The third-order valence-corrected chi connectivity index (χ3v) is 3.00. The molecule has 0 unspecified atom stereocenters. The molecule has 0 radical (unpaired) electrons. The zero-order valence-electron chi connectivity index (χ0n) is 8.51. The summed E-state index contributed by atoms with van der Waals surface area (Å²) >= 11 is 0. The van der Waals surface area contributed by atoms with Gasteiger partial charge in [-0.1, -0.05) is 31.5 Å². The summed E-state index contributed by atoms with van der Waals surface area (Å²) in [5.41, 5.74) is 0.692. The van der Waals surface area contributed by atoms with Crippen LogP contribution in [0.5, 0.6) is 0 Å². The first-order valence-electron chi connectivity index (χ1n) is 4.61. The maximum Gasteiger partial charge on any atom is 0.294 e. The average molecular weight is 251 g/mol. The van der Waals surface area contributed by atoms with Gasteiger partial charge in [-0.3, -0.25) is 4.55 Å². The van der Waals surface area contributed by atoms with Gasteiger partial charge in [0.2, 0.25) is 0 Å². The molecule has 0 aromatic heterocycles. The zero-order chi connectivity index (χ0) is 10.6. The molecule has 3 nitrogen and oxygen atoms in total. The van der Waals surface area contributed by atoms with Crippen LogP contribution in [-0.4, -0.2) is 13.0 Å². The molecule has 0 saturated heterocycles. The number of rotatable bonds is 4. The van der Waals surface area contributed by atoms with Crippen LogP contribution in [0.1, 0.15) is 25.3 Å². The molecule has 0 fully saturated rings. The first-order chi connectivity index (χ1) is 6.55. The van der Waals surface area contributed by atoms with Gasteiger partial charge in [-0.25, -0.2) is 0 Å². The highest BCUT2D eigenvalue weighted by atomic mass is 35.5. The van der Waals surface area contributed by atoms with Gasteiger partial charge in [0, 0.05) is 0 Å². The Balaban J connectivity index is 0.00000196. The third kappa shape index (κ3) is 4.20. The van der Waals surface area contributed by atoms with Gasteiger partial charge in [-0.15, -0.1) is 12.4 Å². The highest BCUT2D eigenvalue weighted by Crippen LogP contribution is 2.16. The first kappa shape index (κ1) is 14.4. The SMILES string of the molecule is CCCCc1ccccc1S(=O)(=O)O.Cl. The number of benzene rings is 1. The lowest BCUT2D eigenvalue weighted by Gasteiger charge is -2.05. The molecule has 0 aliphatic rings. The molecule has 0 heterocycles. The summed E-state index contributed by atoms with van der Waals surface area (Å²) in [5, 5.41) is 0. The van der Waals surface area contributed by atoms with E-state index in [0.717, 1.165) is 12.8 Å². The van der Waals surface area contributed by atoms with Crippen LogP contribution in [-0.2, 0) is 16.5 Å². The summed E-state index contributed by atoms with van der Waals surface area (Å²) in [6.45, 7) is 2.04. The monoisotopic (exact) mass is 250 g/mol. The van der Waals surface area contributed by atoms with Crippen LogP contribution in [0.25, 0.3) is 0 Å². The van der Waals surface area contributed by atoms with E-state index >= 15 is 0 Å². The first-order valence-corrected chi connectivity index (χ1v) is 6.05. The van der Waals surface area contributed by atoms with Crippen LogP contribution < -0.4 is 0 Å². The van der Waals surface area contributed by atoms with Crippen LogP contribution in [0.15, 0.2) is 29.2 Å². The lowest BCUT2D eigenvalue weighted by Crippen LogP contribution is -2.02. The Morgan fingerprint density at radius 3 is 2.40 bits per heavy atom. The Kier molecular flexibility index (Phi) is 5.87. The summed E-state index contributed by atoms with van der Waals surface area (Å²) in [6.07, 6.45) is 2.61. The van der Waals surface area contributed by atoms with Gasteiger partial charge >= 0.3 is 0 Å². The topological polar surface area (TPSA) is 54.4 Å². The summed E-state index contributed by atoms with van der Waals surface area (Å²) in [6, 6.07) is 6.55. The van der Waals surface area contributed by atoms with Crippen molar-refractivity contribution in [3.8, 4) is 0 Å². The van der Waals surface area contributed by atoms with E-state index in [0.29, 0.717) is 12.0 Å². The molecule has 0 saturated carbocycles. The molecule has 0 bridgehead atoms. The van der Waals surface area contributed by atoms with Crippen molar-refractivity contribution in [1.82, 2.24) is 0 Å². The van der Waals surface area contributed by atoms with E-state index in [4.69, 9.17) is 4.55 Å². The minimum absolute atomic E-state index is 0. The predicted octanol–water partition coefficient (Wildman–Crippen LogP) is 2.70. The molecule has 86 valence electrons. The van der Waals surface area contributed by atoms with Gasteiger partial charge in [-0.05, 0) is 24.5 Å². The number of unbranched alkanes of at least 4 members (excludes halogenated alkanes) is 1. The van der Waals surface area contributed by atoms with Gasteiger partial charge < -0.3 is 0 Å². The van der Waals surface area contributed by atoms with Crippen molar-refractivity contribution in [2.45, 2.75) is 31.1 Å². The smallest absolute Gasteiger partial charge is 0.282 e. The van der Waals surface area contributed by atoms with E-state index in [1.54, 1.807) is 18.2 Å². The molecule has 0 atom stereocenters. The van der Waals surface area contributed by atoms with Crippen molar-refractivity contribution >= 4 is 22.5 Å². The van der Waals surface area contributed by atoms with E-state index in [9.17, 15) is 8.42 Å². The molecular weight excluding hydrogens is 236 g/mol. The van der Waals surface area contributed by atoms with Gasteiger partial charge in [-0.2, -0.15) is 8.42 Å². The van der Waals surface area contributed by atoms with Crippen molar-refractivity contribution in [1.29, 1.82) is 0 Å². The summed E-state index contributed by atoms with van der Waals surface area (Å²) in [4.78, 5) is 0.0356. The Morgan fingerprint density at radius 2 is 1.87 bits per heavy atom. The quantitative estimate of drug-likeness (QED) is 0.836. The predicted molar refractivity (Wildman–Crippen MR) is 62.1 cm³/mol. The second kappa shape index (κ2) is 6.10. The molecule has 0 amide bonds. The van der Waals surface area contributed by atoms with Gasteiger partial charge in [0.15, 0.2) is 0 Å². The molecular formula is C10H15ClO3S. The number of halogens is 1. The van der Waals surface area contributed by atoms with Crippen LogP contribution >= 0.6 is 12.4 Å². The molecule has 15 heavy (non-hydrogen) atoms. The van der Waals surface area contributed by atoms with E-state index in [-0.39, 0.29) is 17.3 Å². The maximum absolute atomic E-state index is 11.0. The van der Waals surface area contributed by atoms with E-state index < -0.39 is 10.1 Å². The normalized spacial score (nSPS) is 10.8. The zero-order valence-corrected chi connectivity index (χ0v) is 10.1. The minimum Gasteiger partial charge on any atom is -0.282 e. The van der Waals surface area contributed by atoms with Crippen molar-refractivity contribution in [2.24, 2.45) is 0 Å². The van der Waals surface area contributed by atoms with Crippen molar-refractivity contribution in [2.75, 3.05) is 0 Å². The molecule has 1 aromatic rings. The second-order valence-corrected chi connectivity index (χ2v) is 4.58. The molecule has 1 rings (SSSR count). The van der Waals surface area contributed by atoms with Crippen LogP contribution in [0.3, 0.4) is 0 Å². The maximum atomic E-state index is 11.0. The third-order valence-electron chi connectivity index (χ3n) is 2.05. The Morgan fingerprint density at radius 1 is 1.27 bits per heavy atom. The van der Waals surface area contributed by atoms with E-state index in [1.165, 1.54) is 6.07 Å². The van der Waals surface area contributed by atoms with Gasteiger partial charge in [0.25, 0.3) is 10.1 Å². The number of aryl methyl sites for hydroxylation is 1. The Hall–Kier alpha value is -0.580. The van der Waals surface area contributed by atoms with Crippen molar-refractivity contribution < 1.29 is 13.0 Å². The van der Waals surface area contributed by atoms with Crippen molar-refractivity contribution in [3.05, 3.63) is 29.8 Å². The van der Waals surface area contributed by atoms with Crippen LogP contribution in [0.2, 0.25) is 0 Å². The fourth-order valence-electron chi connectivity index (χ4n) is 1.33. The fourth-order valence-corrected chi connectivity index (χ4v) is 2.08. The molecule has 0 aliphatic heterocycles. The molecule has 0 aliphatic carbocycles. The highest BCUT2D eigenvalue weighted by molar-refractivity contribution is 7.85. The Bertz CT molecular complexity index is 401. The van der Waals surface area contributed by atoms with Crippen molar-refractivity contribution in [3.63, 3.8) is 0 Å².